The SMILES string of the molecule is Cc1c(F)c(N2CCCC[C@@H](N)C2)c(Cl)c2c1c(=O)c(C(=O)O)c(C)n2C1CC1. The summed E-state index contributed by atoms with van der Waals surface area (Å²) in [6.45, 7) is 4.27. The van der Waals surface area contributed by atoms with Crippen molar-refractivity contribution in [2.75, 3.05) is 18.0 Å². The first-order chi connectivity index (χ1) is 13.7. The Balaban J connectivity index is 2.09. The number of fused-ring (bicyclic) bond motifs is 1. The Hall–Kier alpha value is -2.12. The Morgan fingerprint density at radius 2 is 1.93 bits per heavy atom. The average molecular weight is 422 g/mol. The number of carbonyl (C=O) groups is 1. The van der Waals surface area contributed by atoms with Gasteiger partial charge in [-0.3, -0.25) is 4.79 Å². The predicted octanol–water partition coefficient (Wildman–Crippen LogP) is 3.76. The molecule has 1 atom stereocenters. The van der Waals surface area contributed by atoms with Crippen LogP contribution in [0.4, 0.5) is 10.1 Å². The summed E-state index contributed by atoms with van der Waals surface area (Å²) in [5, 5.41) is 9.85. The smallest absolute Gasteiger partial charge is 0.341 e. The molecule has 8 heteroatoms. The minimum atomic E-state index is -1.30. The van der Waals surface area contributed by atoms with E-state index in [1.54, 1.807) is 6.92 Å². The molecule has 156 valence electrons. The second kappa shape index (κ2) is 7.29. The number of hydrogen-bond acceptors (Lipinski definition) is 4. The van der Waals surface area contributed by atoms with E-state index in [1.807, 2.05) is 9.47 Å². The molecule has 1 saturated heterocycles. The number of anilines is 1. The highest BCUT2D eigenvalue weighted by Crippen LogP contribution is 2.44. The third kappa shape index (κ3) is 3.20. The largest absolute Gasteiger partial charge is 0.477 e. The van der Waals surface area contributed by atoms with Gasteiger partial charge in [0.25, 0.3) is 0 Å². The molecule has 2 aromatic rings. The van der Waals surface area contributed by atoms with Crippen molar-refractivity contribution in [3.63, 3.8) is 0 Å². The zero-order valence-corrected chi connectivity index (χ0v) is 17.4. The van der Waals surface area contributed by atoms with Crippen LogP contribution in [0.2, 0.25) is 5.02 Å². The van der Waals surface area contributed by atoms with Gasteiger partial charge in [0, 0.05) is 36.4 Å². The number of aryl methyl sites for hydroxylation is 1. The van der Waals surface area contributed by atoms with Gasteiger partial charge in [0.2, 0.25) is 5.43 Å². The second-order valence-corrected chi connectivity index (χ2v) is 8.60. The lowest BCUT2D eigenvalue weighted by atomic mass is 10.0. The molecule has 1 saturated carbocycles. The Kier molecular flexibility index (Phi) is 5.07. The van der Waals surface area contributed by atoms with Gasteiger partial charge in [-0.2, -0.15) is 0 Å². The highest BCUT2D eigenvalue weighted by atomic mass is 35.5. The molecule has 29 heavy (non-hydrogen) atoms. The third-order valence-electron chi connectivity index (χ3n) is 6.13. The van der Waals surface area contributed by atoms with Crippen LogP contribution < -0.4 is 16.1 Å². The van der Waals surface area contributed by atoms with Crippen molar-refractivity contribution in [2.24, 2.45) is 5.73 Å². The summed E-state index contributed by atoms with van der Waals surface area (Å²) >= 11 is 6.78. The summed E-state index contributed by atoms with van der Waals surface area (Å²) in [6, 6.07) is -0.0106. The molecule has 1 aromatic heterocycles. The van der Waals surface area contributed by atoms with E-state index in [1.165, 1.54) is 6.92 Å². The number of aromatic carboxylic acids is 1. The predicted molar refractivity (Wildman–Crippen MR) is 112 cm³/mol. The maximum atomic E-state index is 15.5. The number of nitrogens with zero attached hydrogens (tertiary/aromatic N) is 2. The molecule has 0 unspecified atom stereocenters. The summed E-state index contributed by atoms with van der Waals surface area (Å²) < 4.78 is 17.4. The third-order valence-corrected chi connectivity index (χ3v) is 6.49. The zero-order chi connectivity index (χ0) is 21.0. The molecule has 2 heterocycles. The Morgan fingerprint density at radius 3 is 2.55 bits per heavy atom. The fourth-order valence-corrected chi connectivity index (χ4v) is 4.95. The van der Waals surface area contributed by atoms with Gasteiger partial charge in [-0.05, 0) is 39.5 Å². The van der Waals surface area contributed by atoms with Crippen LogP contribution in [0.3, 0.4) is 0 Å². The van der Waals surface area contributed by atoms with E-state index in [0.717, 1.165) is 32.1 Å². The van der Waals surface area contributed by atoms with E-state index >= 15 is 4.39 Å². The molecule has 4 rings (SSSR count). The first-order valence-electron chi connectivity index (χ1n) is 10.0. The quantitative estimate of drug-likeness (QED) is 0.787. The van der Waals surface area contributed by atoms with Gasteiger partial charge in [-0.15, -0.1) is 0 Å². The van der Waals surface area contributed by atoms with Crippen molar-refractivity contribution in [1.82, 2.24) is 4.57 Å². The highest BCUT2D eigenvalue weighted by molar-refractivity contribution is 6.38. The number of rotatable bonds is 3. The van der Waals surface area contributed by atoms with Crippen molar-refractivity contribution < 1.29 is 14.3 Å². The van der Waals surface area contributed by atoms with E-state index in [4.69, 9.17) is 17.3 Å². The number of aromatic nitrogens is 1. The summed E-state index contributed by atoms with van der Waals surface area (Å²) in [5.41, 5.74) is 6.39. The van der Waals surface area contributed by atoms with E-state index < -0.39 is 17.2 Å². The van der Waals surface area contributed by atoms with Gasteiger partial charge in [0.05, 0.1) is 21.6 Å². The van der Waals surface area contributed by atoms with Gasteiger partial charge in [-0.25, -0.2) is 9.18 Å². The van der Waals surface area contributed by atoms with E-state index in [-0.39, 0.29) is 39.3 Å². The molecular formula is C21H25ClFN3O3. The van der Waals surface area contributed by atoms with Crippen LogP contribution in [0.5, 0.6) is 0 Å². The fourth-order valence-electron chi connectivity index (χ4n) is 4.56. The summed E-state index contributed by atoms with van der Waals surface area (Å²) in [6.07, 6.45) is 4.46. The van der Waals surface area contributed by atoms with Gasteiger partial charge >= 0.3 is 5.97 Å². The maximum absolute atomic E-state index is 15.5. The van der Waals surface area contributed by atoms with E-state index in [0.29, 0.717) is 24.3 Å². The van der Waals surface area contributed by atoms with E-state index in [2.05, 4.69) is 0 Å². The van der Waals surface area contributed by atoms with Crippen LogP contribution in [0.15, 0.2) is 4.79 Å². The molecule has 1 aliphatic heterocycles. The Morgan fingerprint density at radius 1 is 1.24 bits per heavy atom. The first kappa shape index (κ1) is 20.2. The molecule has 1 aliphatic carbocycles. The lowest BCUT2D eigenvalue weighted by Crippen LogP contribution is -2.37. The number of carboxylic acid groups (broad SMARTS) is 1. The molecule has 0 bridgehead atoms. The molecule has 1 aromatic carbocycles. The summed E-state index contributed by atoms with van der Waals surface area (Å²) in [5.74, 6) is -1.88. The maximum Gasteiger partial charge on any atom is 0.341 e. The normalized spacial score (nSPS) is 20.2. The van der Waals surface area contributed by atoms with Crippen molar-refractivity contribution in [1.29, 1.82) is 0 Å². The number of pyridine rings is 1. The first-order valence-corrected chi connectivity index (χ1v) is 10.4. The molecule has 2 fully saturated rings. The standard InChI is InChI=1S/C21H25ClFN3O3/c1-10-14-18(26(13-6-7-13)11(2)15(20(14)27)21(28)29)16(22)19(17(10)23)25-8-4-3-5-12(24)9-25/h12-13H,3-9,24H2,1-2H3,(H,28,29)/t12-/m1/s1. The number of halogens is 2. The van der Waals surface area contributed by atoms with Crippen LogP contribution in [0, 0.1) is 19.7 Å². The molecule has 6 nitrogen and oxygen atoms in total. The number of benzene rings is 1. The van der Waals surface area contributed by atoms with Crippen LogP contribution in [0.1, 0.15) is 59.8 Å². The van der Waals surface area contributed by atoms with Crippen LogP contribution in [-0.2, 0) is 0 Å². The summed E-state index contributed by atoms with van der Waals surface area (Å²) in [7, 11) is 0. The van der Waals surface area contributed by atoms with Gasteiger partial charge in [0.1, 0.15) is 5.56 Å². The molecule has 0 amide bonds. The van der Waals surface area contributed by atoms with Gasteiger partial charge in [0.15, 0.2) is 5.82 Å². The average Bonchev–Trinajstić information content (AvgIpc) is 3.48. The van der Waals surface area contributed by atoms with Crippen molar-refractivity contribution in [3.8, 4) is 0 Å². The highest BCUT2D eigenvalue weighted by Gasteiger charge is 2.34. The van der Waals surface area contributed by atoms with Gasteiger partial charge < -0.3 is 20.3 Å². The monoisotopic (exact) mass is 421 g/mol. The van der Waals surface area contributed by atoms with Crippen molar-refractivity contribution >= 4 is 34.2 Å². The van der Waals surface area contributed by atoms with Crippen LogP contribution in [0.25, 0.3) is 10.9 Å². The molecule has 3 N–H and O–H groups in total. The molecule has 2 aliphatic rings. The Labute approximate surface area is 173 Å². The van der Waals surface area contributed by atoms with Gasteiger partial charge in [-0.1, -0.05) is 18.0 Å². The number of hydrogen-bond donors (Lipinski definition) is 2. The Bertz CT molecular complexity index is 1080. The van der Waals surface area contributed by atoms with Crippen LogP contribution >= 0.6 is 11.6 Å². The van der Waals surface area contributed by atoms with E-state index in [9.17, 15) is 14.7 Å². The fraction of sp³-hybridized carbons (Fsp3) is 0.524. The molecule has 0 radical (unpaired) electrons. The second-order valence-electron chi connectivity index (χ2n) is 8.22. The lowest BCUT2D eigenvalue weighted by Gasteiger charge is -2.29. The minimum absolute atomic E-state index is 0.0604. The zero-order valence-electron chi connectivity index (χ0n) is 16.6. The lowest BCUT2D eigenvalue weighted by molar-refractivity contribution is 0.0694. The van der Waals surface area contributed by atoms with Crippen LogP contribution in [-0.4, -0.2) is 34.8 Å². The van der Waals surface area contributed by atoms with Crippen molar-refractivity contribution in [3.05, 3.63) is 37.9 Å². The minimum Gasteiger partial charge on any atom is -0.477 e. The summed E-state index contributed by atoms with van der Waals surface area (Å²) in [4.78, 5) is 26.7. The number of carboxylic acids is 1. The molecular weight excluding hydrogens is 397 g/mol. The number of nitrogens with two attached hydrogens (primary N) is 1. The topological polar surface area (TPSA) is 88.6 Å². The molecule has 0 spiro atoms. The van der Waals surface area contributed by atoms with Crippen molar-refractivity contribution in [2.45, 2.75) is 58.0 Å².